The van der Waals surface area contributed by atoms with Gasteiger partial charge in [-0.05, 0) is 58.7 Å². The Labute approximate surface area is 168 Å². The van der Waals surface area contributed by atoms with Crippen molar-refractivity contribution in [3.63, 3.8) is 0 Å². The van der Waals surface area contributed by atoms with Gasteiger partial charge in [0.15, 0.2) is 0 Å². The number of benzene rings is 1. The molecule has 0 radical (unpaired) electrons. The van der Waals surface area contributed by atoms with Crippen LogP contribution in [0, 0.1) is 0 Å². The third-order valence-electron chi connectivity index (χ3n) is 5.56. The van der Waals surface area contributed by atoms with Gasteiger partial charge in [-0.15, -0.1) is 0 Å². The van der Waals surface area contributed by atoms with Crippen LogP contribution in [0.1, 0.15) is 51.6 Å². The van der Waals surface area contributed by atoms with Crippen molar-refractivity contribution in [2.75, 3.05) is 30.4 Å². The van der Waals surface area contributed by atoms with Gasteiger partial charge in [-0.3, -0.25) is 9.69 Å². The van der Waals surface area contributed by atoms with Crippen LogP contribution in [0.25, 0.3) is 0 Å². The van der Waals surface area contributed by atoms with Gasteiger partial charge >= 0.3 is 0 Å². The average molecular weight is 384 g/mol. The van der Waals surface area contributed by atoms with Crippen molar-refractivity contribution in [1.29, 1.82) is 0 Å². The number of nitrogens with zero attached hydrogens (tertiary/aromatic N) is 4. The zero-order chi connectivity index (χ0) is 20.1. The van der Waals surface area contributed by atoms with E-state index in [0.717, 1.165) is 25.5 Å². The highest BCUT2D eigenvalue weighted by Gasteiger charge is 2.22. The minimum Gasteiger partial charge on any atom is -0.371 e. The second-order valence-electron chi connectivity index (χ2n) is 8.01. The SMILES string of the molecule is CC(C(=O)Nc1ccnn1C(C)C)N(C)Cc1ccccc1N1CCCCC1. The van der Waals surface area contributed by atoms with Crippen LogP contribution in [0.3, 0.4) is 0 Å². The molecule has 152 valence electrons. The number of amides is 1. The number of rotatable bonds is 7. The first kappa shape index (κ1) is 20.4. The van der Waals surface area contributed by atoms with Crippen molar-refractivity contribution in [1.82, 2.24) is 14.7 Å². The number of para-hydroxylation sites is 1. The van der Waals surface area contributed by atoms with Crippen molar-refractivity contribution >= 4 is 17.4 Å². The van der Waals surface area contributed by atoms with Crippen LogP contribution in [-0.2, 0) is 11.3 Å². The fourth-order valence-electron chi connectivity index (χ4n) is 3.75. The summed E-state index contributed by atoms with van der Waals surface area (Å²) in [5.74, 6) is 0.731. The second kappa shape index (κ2) is 9.24. The Morgan fingerprint density at radius 1 is 1.14 bits per heavy atom. The summed E-state index contributed by atoms with van der Waals surface area (Å²) in [7, 11) is 2.01. The topological polar surface area (TPSA) is 53.4 Å². The summed E-state index contributed by atoms with van der Waals surface area (Å²) in [4.78, 5) is 17.4. The van der Waals surface area contributed by atoms with Crippen LogP contribution in [-0.4, -0.2) is 46.8 Å². The number of carbonyl (C=O) groups excluding carboxylic acids is 1. The Bertz CT molecular complexity index is 779. The number of aromatic nitrogens is 2. The van der Waals surface area contributed by atoms with Crippen LogP contribution in [0.5, 0.6) is 0 Å². The minimum atomic E-state index is -0.245. The van der Waals surface area contributed by atoms with Gasteiger partial charge in [0.1, 0.15) is 5.82 Å². The first-order valence-corrected chi connectivity index (χ1v) is 10.3. The minimum absolute atomic E-state index is 0.0136. The maximum atomic E-state index is 12.8. The van der Waals surface area contributed by atoms with Gasteiger partial charge in [0, 0.05) is 37.4 Å². The Morgan fingerprint density at radius 3 is 2.57 bits per heavy atom. The molecule has 0 spiro atoms. The molecule has 3 rings (SSSR count). The number of likely N-dealkylation sites (N-methyl/N-ethyl adjacent to an activating group) is 1. The third-order valence-corrected chi connectivity index (χ3v) is 5.56. The molecule has 0 bridgehead atoms. The average Bonchev–Trinajstić information content (AvgIpc) is 3.17. The standard InChI is InChI=1S/C22H33N5O/c1-17(2)27-21(12-13-23-27)24-22(28)18(3)25(4)16-19-10-6-7-11-20(19)26-14-8-5-9-15-26/h6-7,10-13,17-18H,5,8-9,14-16H2,1-4H3,(H,24,28). The summed E-state index contributed by atoms with van der Waals surface area (Å²) >= 11 is 0. The van der Waals surface area contributed by atoms with E-state index in [1.54, 1.807) is 6.20 Å². The first-order chi connectivity index (χ1) is 13.5. The molecule has 1 saturated heterocycles. The van der Waals surface area contributed by atoms with Crippen molar-refractivity contribution in [2.45, 2.75) is 58.7 Å². The summed E-state index contributed by atoms with van der Waals surface area (Å²) in [5, 5.41) is 7.31. The molecular formula is C22H33N5O. The van der Waals surface area contributed by atoms with Gasteiger partial charge < -0.3 is 10.2 Å². The highest BCUT2D eigenvalue weighted by Crippen LogP contribution is 2.25. The number of piperidine rings is 1. The van der Waals surface area contributed by atoms with Gasteiger partial charge in [0.2, 0.25) is 5.91 Å². The number of carbonyl (C=O) groups is 1. The lowest BCUT2D eigenvalue weighted by Crippen LogP contribution is -2.40. The van der Waals surface area contributed by atoms with E-state index < -0.39 is 0 Å². The molecule has 1 unspecified atom stereocenters. The quantitative estimate of drug-likeness (QED) is 0.787. The Balaban J connectivity index is 1.66. The Hall–Kier alpha value is -2.34. The molecule has 2 heterocycles. The number of anilines is 2. The van der Waals surface area contributed by atoms with Gasteiger partial charge in [0.25, 0.3) is 0 Å². The van der Waals surface area contributed by atoms with Gasteiger partial charge in [0.05, 0.1) is 12.2 Å². The summed E-state index contributed by atoms with van der Waals surface area (Å²) in [6.45, 7) is 9.04. The predicted molar refractivity (Wildman–Crippen MR) is 115 cm³/mol. The zero-order valence-corrected chi connectivity index (χ0v) is 17.6. The molecule has 1 N–H and O–H groups in total. The molecule has 1 aliphatic heterocycles. The van der Waals surface area contributed by atoms with E-state index in [0.29, 0.717) is 0 Å². The molecule has 1 atom stereocenters. The van der Waals surface area contributed by atoms with Crippen LogP contribution in [0.15, 0.2) is 36.5 Å². The molecule has 1 aliphatic rings. The molecule has 1 fully saturated rings. The van der Waals surface area contributed by atoms with E-state index >= 15 is 0 Å². The largest absolute Gasteiger partial charge is 0.371 e. The predicted octanol–water partition coefficient (Wildman–Crippen LogP) is 3.91. The highest BCUT2D eigenvalue weighted by molar-refractivity contribution is 5.93. The summed E-state index contributed by atoms with van der Waals surface area (Å²) in [5.41, 5.74) is 2.58. The van der Waals surface area contributed by atoms with E-state index in [1.165, 1.54) is 30.5 Å². The van der Waals surface area contributed by atoms with E-state index in [-0.39, 0.29) is 18.0 Å². The maximum Gasteiger partial charge on any atom is 0.242 e. The van der Waals surface area contributed by atoms with Gasteiger partial charge in [-0.2, -0.15) is 5.10 Å². The Kier molecular flexibility index (Phi) is 6.73. The van der Waals surface area contributed by atoms with E-state index in [2.05, 4.69) is 58.3 Å². The van der Waals surface area contributed by atoms with Crippen molar-refractivity contribution in [3.8, 4) is 0 Å². The lowest BCUT2D eigenvalue weighted by atomic mass is 10.1. The molecule has 6 nitrogen and oxygen atoms in total. The summed E-state index contributed by atoms with van der Waals surface area (Å²) in [6, 6.07) is 10.4. The van der Waals surface area contributed by atoms with E-state index in [9.17, 15) is 4.79 Å². The highest BCUT2D eigenvalue weighted by atomic mass is 16.2. The third kappa shape index (κ3) is 4.73. The molecule has 28 heavy (non-hydrogen) atoms. The van der Waals surface area contributed by atoms with Gasteiger partial charge in [-0.1, -0.05) is 18.2 Å². The van der Waals surface area contributed by atoms with Gasteiger partial charge in [-0.25, -0.2) is 4.68 Å². The summed E-state index contributed by atoms with van der Waals surface area (Å²) in [6.07, 6.45) is 5.56. The van der Waals surface area contributed by atoms with Crippen molar-refractivity contribution < 1.29 is 4.79 Å². The zero-order valence-electron chi connectivity index (χ0n) is 17.6. The fourth-order valence-corrected chi connectivity index (χ4v) is 3.75. The van der Waals surface area contributed by atoms with Crippen LogP contribution in [0.2, 0.25) is 0 Å². The molecule has 0 saturated carbocycles. The monoisotopic (exact) mass is 383 g/mol. The first-order valence-electron chi connectivity index (χ1n) is 10.3. The molecule has 0 aliphatic carbocycles. The number of hydrogen-bond acceptors (Lipinski definition) is 4. The smallest absolute Gasteiger partial charge is 0.242 e. The van der Waals surface area contributed by atoms with Crippen LogP contribution < -0.4 is 10.2 Å². The maximum absolute atomic E-state index is 12.8. The molecule has 1 amide bonds. The number of nitrogens with one attached hydrogen (secondary N) is 1. The molecule has 1 aromatic heterocycles. The van der Waals surface area contributed by atoms with Crippen LogP contribution in [0.4, 0.5) is 11.5 Å². The molecule has 1 aromatic carbocycles. The second-order valence-corrected chi connectivity index (χ2v) is 8.01. The fraction of sp³-hybridized carbons (Fsp3) is 0.545. The molecular weight excluding hydrogens is 350 g/mol. The Morgan fingerprint density at radius 2 is 1.86 bits per heavy atom. The van der Waals surface area contributed by atoms with Crippen molar-refractivity contribution in [2.24, 2.45) is 0 Å². The lowest BCUT2D eigenvalue weighted by molar-refractivity contribution is -0.120. The molecule has 2 aromatic rings. The van der Waals surface area contributed by atoms with E-state index in [1.807, 2.05) is 24.7 Å². The number of hydrogen-bond donors (Lipinski definition) is 1. The molecule has 6 heteroatoms. The lowest BCUT2D eigenvalue weighted by Gasteiger charge is -2.32. The van der Waals surface area contributed by atoms with Crippen LogP contribution >= 0.6 is 0 Å². The van der Waals surface area contributed by atoms with E-state index in [4.69, 9.17) is 0 Å². The normalized spacial score (nSPS) is 15.9. The van der Waals surface area contributed by atoms with Crippen molar-refractivity contribution in [3.05, 3.63) is 42.1 Å². The summed E-state index contributed by atoms with van der Waals surface area (Å²) < 4.78 is 1.83.